The van der Waals surface area contributed by atoms with Gasteiger partial charge in [-0.1, -0.05) is 19.1 Å². The molecule has 0 aromatic carbocycles. The Balaban J connectivity index is 2.38. The van der Waals surface area contributed by atoms with Gasteiger partial charge < -0.3 is 0 Å². The van der Waals surface area contributed by atoms with Crippen LogP contribution in [-0.4, -0.2) is 6.17 Å². The zero-order valence-electron chi connectivity index (χ0n) is 5.81. The van der Waals surface area contributed by atoms with Gasteiger partial charge >= 0.3 is 0 Å². The van der Waals surface area contributed by atoms with Crippen LogP contribution in [0.2, 0.25) is 0 Å². The number of hydrogen-bond donors (Lipinski definition) is 0. The highest BCUT2D eigenvalue weighted by atomic mass is 19.1. The lowest BCUT2D eigenvalue weighted by Crippen LogP contribution is -2.07. The van der Waals surface area contributed by atoms with Gasteiger partial charge in [-0.15, -0.1) is 0 Å². The zero-order chi connectivity index (χ0) is 6.69. The summed E-state index contributed by atoms with van der Waals surface area (Å²) in [7, 11) is 0. The normalized spacial score (nSPS) is 34.9. The van der Waals surface area contributed by atoms with Crippen LogP contribution in [0.4, 0.5) is 4.39 Å². The van der Waals surface area contributed by atoms with Crippen molar-refractivity contribution < 1.29 is 4.39 Å². The van der Waals surface area contributed by atoms with Crippen LogP contribution in [0.25, 0.3) is 0 Å². The van der Waals surface area contributed by atoms with E-state index in [1.165, 1.54) is 0 Å². The van der Waals surface area contributed by atoms with E-state index in [1.54, 1.807) is 6.08 Å². The van der Waals surface area contributed by atoms with Gasteiger partial charge in [0, 0.05) is 0 Å². The monoisotopic (exact) mass is 128 g/mol. The first kappa shape index (κ1) is 6.79. The summed E-state index contributed by atoms with van der Waals surface area (Å²) in [5.41, 5.74) is 0. The van der Waals surface area contributed by atoms with Gasteiger partial charge in [-0.25, -0.2) is 4.39 Å². The third-order valence-corrected chi connectivity index (χ3v) is 1.93. The Hall–Kier alpha value is -0.330. The van der Waals surface area contributed by atoms with Crippen LogP contribution in [0.3, 0.4) is 0 Å². The minimum Gasteiger partial charge on any atom is -0.243 e. The van der Waals surface area contributed by atoms with Gasteiger partial charge in [0.05, 0.1) is 0 Å². The summed E-state index contributed by atoms with van der Waals surface area (Å²) in [6, 6.07) is 0. The second-order valence-electron chi connectivity index (χ2n) is 2.65. The summed E-state index contributed by atoms with van der Waals surface area (Å²) in [5.74, 6) is 0.650. The average Bonchev–Trinajstić information content (AvgIpc) is 1.90. The molecular weight excluding hydrogens is 115 g/mol. The number of allylic oxidation sites excluding steroid dienone is 2. The van der Waals surface area contributed by atoms with Crippen LogP contribution in [0.1, 0.15) is 26.2 Å². The summed E-state index contributed by atoms with van der Waals surface area (Å²) in [5, 5.41) is 0. The van der Waals surface area contributed by atoms with Gasteiger partial charge in [0.2, 0.25) is 0 Å². The molecule has 0 amide bonds. The van der Waals surface area contributed by atoms with Crippen LogP contribution >= 0.6 is 0 Å². The zero-order valence-corrected chi connectivity index (χ0v) is 5.81. The molecule has 1 heteroatoms. The van der Waals surface area contributed by atoms with E-state index in [0.29, 0.717) is 5.92 Å². The minimum atomic E-state index is -0.659. The SMILES string of the molecule is CCC1C=CC(F)CC1. The number of hydrogen-bond acceptors (Lipinski definition) is 0. The standard InChI is InChI=1S/C8H13F/c1-2-7-3-5-8(9)6-4-7/h3,5,7-8H,2,4,6H2,1H3. The van der Waals surface area contributed by atoms with Gasteiger partial charge in [-0.2, -0.15) is 0 Å². The summed E-state index contributed by atoms with van der Waals surface area (Å²) in [6.07, 6.45) is 5.96. The lowest BCUT2D eigenvalue weighted by molar-refractivity contribution is 0.333. The third-order valence-electron chi connectivity index (χ3n) is 1.93. The summed E-state index contributed by atoms with van der Waals surface area (Å²) >= 11 is 0. The molecule has 0 saturated carbocycles. The molecule has 0 spiro atoms. The van der Waals surface area contributed by atoms with Crippen molar-refractivity contribution in [2.75, 3.05) is 0 Å². The predicted molar refractivity (Wildman–Crippen MR) is 37.1 cm³/mol. The maximum atomic E-state index is 12.4. The Morgan fingerprint density at radius 1 is 1.44 bits per heavy atom. The van der Waals surface area contributed by atoms with E-state index in [4.69, 9.17) is 0 Å². The number of halogens is 1. The lowest BCUT2D eigenvalue weighted by atomic mass is 9.93. The van der Waals surface area contributed by atoms with E-state index >= 15 is 0 Å². The molecule has 52 valence electrons. The van der Waals surface area contributed by atoms with Crippen LogP contribution in [0, 0.1) is 5.92 Å². The molecule has 0 bridgehead atoms. The van der Waals surface area contributed by atoms with E-state index in [2.05, 4.69) is 6.92 Å². The van der Waals surface area contributed by atoms with E-state index in [-0.39, 0.29) is 0 Å². The molecule has 2 atom stereocenters. The van der Waals surface area contributed by atoms with Crippen molar-refractivity contribution in [3.8, 4) is 0 Å². The molecule has 9 heavy (non-hydrogen) atoms. The van der Waals surface area contributed by atoms with Crippen LogP contribution in [0.15, 0.2) is 12.2 Å². The smallest absolute Gasteiger partial charge is 0.118 e. The first-order chi connectivity index (χ1) is 4.33. The van der Waals surface area contributed by atoms with Gasteiger partial charge in [0.15, 0.2) is 0 Å². The Kier molecular flexibility index (Phi) is 2.26. The topological polar surface area (TPSA) is 0 Å². The van der Waals surface area contributed by atoms with Gasteiger partial charge in [0.25, 0.3) is 0 Å². The third kappa shape index (κ3) is 1.81. The molecule has 0 nitrogen and oxygen atoms in total. The quantitative estimate of drug-likeness (QED) is 0.476. The van der Waals surface area contributed by atoms with Crippen molar-refractivity contribution >= 4 is 0 Å². The molecule has 2 unspecified atom stereocenters. The molecule has 0 aliphatic heterocycles. The lowest BCUT2D eigenvalue weighted by Gasteiger charge is -2.15. The highest BCUT2D eigenvalue weighted by molar-refractivity contribution is 4.97. The van der Waals surface area contributed by atoms with Crippen LogP contribution in [0.5, 0.6) is 0 Å². The fourth-order valence-electron chi connectivity index (χ4n) is 1.18. The van der Waals surface area contributed by atoms with Gasteiger partial charge in [-0.05, 0) is 25.2 Å². The maximum Gasteiger partial charge on any atom is 0.118 e. The summed E-state index contributed by atoms with van der Waals surface area (Å²) < 4.78 is 12.4. The minimum absolute atomic E-state index is 0.650. The highest BCUT2D eigenvalue weighted by Crippen LogP contribution is 2.21. The summed E-state index contributed by atoms with van der Waals surface area (Å²) in [6.45, 7) is 2.15. The summed E-state index contributed by atoms with van der Waals surface area (Å²) in [4.78, 5) is 0. The Morgan fingerprint density at radius 2 is 2.22 bits per heavy atom. The molecule has 1 aliphatic carbocycles. The highest BCUT2D eigenvalue weighted by Gasteiger charge is 2.12. The molecule has 0 aromatic rings. The fraction of sp³-hybridized carbons (Fsp3) is 0.750. The number of rotatable bonds is 1. The average molecular weight is 128 g/mol. The van der Waals surface area contributed by atoms with E-state index in [0.717, 1.165) is 19.3 Å². The molecule has 1 aliphatic rings. The second kappa shape index (κ2) is 3.00. The fourth-order valence-corrected chi connectivity index (χ4v) is 1.18. The van der Waals surface area contributed by atoms with Crippen molar-refractivity contribution in [3.63, 3.8) is 0 Å². The van der Waals surface area contributed by atoms with Crippen LogP contribution in [-0.2, 0) is 0 Å². The number of alkyl halides is 1. The van der Waals surface area contributed by atoms with Crippen molar-refractivity contribution in [3.05, 3.63) is 12.2 Å². The van der Waals surface area contributed by atoms with Crippen molar-refractivity contribution in [2.24, 2.45) is 5.92 Å². The van der Waals surface area contributed by atoms with E-state index < -0.39 is 6.17 Å². The predicted octanol–water partition coefficient (Wildman–Crippen LogP) is 2.70. The van der Waals surface area contributed by atoms with Crippen molar-refractivity contribution in [2.45, 2.75) is 32.4 Å². The van der Waals surface area contributed by atoms with Crippen LogP contribution < -0.4 is 0 Å². The largest absolute Gasteiger partial charge is 0.243 e. The van der Waals surface area contributed by atoms with Crippen molar-refractivity contribution in [1.29, 1.82) is 0 Å². The Morgan fingerprint density at radius 3 is 2.67 bits per heavy atom. The first-order valence-corrected chi connectivity index (χ1v) is 3.65. The molecule has 0 fully saturated rings. The molecule has 0 heterocycles. The first-order valence-electron chi connectivity index (χ1n) is 3.65. The molecule has 0 aromatic heterocycles. The van der Waals surface area contributed by atoms with Gasteiger partial charge in [0.1, 0.15) is 6.17 Å². The van der Waals surface area contributed by atoms with E-state index in [1.807, 2.05) is 6.08 Å². The Bertz CT molecular complexity index is 107. The molecule has 0 radical (unpaired) electrons. The second-order valence-corrected chi connectivity index (χ2v) is 2.65. The van der Waals surface area contributed by atoms with E-state index in [9.17, 15) is 4.39 Å². The molecule has 1 rings (SSSR count). The van der Waals surface area contributed by atoms with Crippen molar-refractivity contribution in [1.82, 2.24) is 0 Å². The molecule has 0 saturated heterocycles. The van der Waals surface area contributed by atoms with Gasteiger partial charge in [-0.3, -0.25) is 0 Å². The molecule has 0 N–H and O–H groups in total. The Labute approximate surface area is 55.8 Å². The maximum absolute atomic E-state index is 12.4. The molecular formula is C8H13F.